The van der Waals surface area contributed by atoms with Gasteiger partial charge in [0, 0.05) is 30.6 Å². The zero-order chi connectivity index (χ0) is 13.5. The number of carboxylic acid groups (broad SMARTS) is 1. The monoisotopic (exact) mass is 260 g/mol. The number of aliphatic carboxylic acids is 1. The number of hydrogen-bond donors (Lipinski definition) is 2. The van der Waals surface area contributed by atoms with E-state index >= 15 is 0 Å². The molecule has 1 saturated heterocycles. The number of fused-ring (bicyclic) bond motifs is 1. The average Bonchev–Trinajstić information content (AvgIpc) is 2.96. The Morgan fingerprint density at radius 2 is 2.26 bits per heavy atom. The topological polar surface area (TPSA) is 79.7 Å². The van der Waals surface area contributed by atoms with Crippen molar-refractivity contribution in [2.24, 2.45) is 5.73 Å². The Bertz CT molecular complexity index is 622. The van der Waals surface area contributed by atoms with Crippen molar-refractivity contribution in [3.8, 4) is 0 Å². The number of furan rings is 1. The second kappa shape index (κ2) is 4.36. The molecule has 19 heavy (non-hydrogen) atoms. The minimum Gasteiger partial charge on any atom is -0.480 e. The Labute approximate surface area is 110 Å². The fourth-order valence-corrected chi connectivity index (χ4v) is 2.62. The summed E-state index contributed by atoms with van der Waals surface area (Å²) in [5.74, 6) is -0.924. The van der Waals surface area contributed by atoms with Crippen LogP contribution in [0.25, 0.3) is 11.0 Å². The number of carboxylic acids is 1. The van der Waals surface area contributed by atoms with Crippen LogP contribution in [0.3, 0.4) is 0 Å². The molecule has 0 amide bonds. The second-order valence-corrected chi connectivity index (χ2v) is 5.18. The first-order valence-electron chi connectivity index (χ1n) is 6.28. The largest absolute Gasteiger partial charge is 0.480 e. The number of likely N-dealkylation sites (tertiary alicyclic amines) is 1. The second-order valence-electron chi connectivity index (χ2n) is 5.18. The van der Waals surface area contributed by atoms with Crippen molar-refractivity contribution in [2.75, 3.05) is 13.1 Å². The molecule has 0 spiro atoms. The van der Waals surface area contributed by atoms with Gasteiger partial charge in [-0.05, 0) is 12.5 Å². The lowest BCUT2D eigenvalue weighted by molar-refractivity contribution is -0.142. The highest BCUT2D eigenvalue weighted by molar-refractivity contribution is 5.81. The fourth-order valence-electron chi connectivity index (χ4n) is 2.62. The zero-order valence-electron chi connectivity index (χ0n) is 10.5. The molecular weight excluding hydrogens is 244 g/mol. The molecule has 3 rings (SSSR count). The number of nitrogens with zero attached hydrogens (tertiary/aromatic N) is 1. The van der Waals surface area contributed by atoms with Crippen LogP contribution >= 0.6 is 0 Å². The van der Waals surface area contributed by atoms with Crippen molar-refractivity contribution < 1.29 is 14.3 Å². The van der Waals surface area contributed by atoms with Crippen LogP contribution in [0.2, 0.25) is 0 Å². The molecule has 5 nitrogen and oxygen atoms in total. The van der Waals surface area contributed by atoms with Gasteiger partial charge in [0.1, 0.15) is 11.1 Å². The third kappa shape index (κ3) is 2.11. The summed E-state index contributed by atoms with van der Waals surface area (Å²) in [4.78, 5) is 13.2. The van der Waals surface area contributed by atoms with E-state index in [1.807, 2.05) is 24.3 Å². The van der Waals surface area contributed by atoms with Crippen LogP contribution < -0.4 is 5.73 Å². The highest BCUT2D eigenvalue weighted by atomic mass is 16.4. The standard InChI is InChI=1S/C14H16N2O3/c15-14(13(17)18)5-6-16(9-14)7-10-8-19-12-4-2-1-3-11(10)12/h1-4,8H,5-7,9,15H2,(H,17,18). The lowest BCUT2D eigenvalue weighted by atomic mass is 10.0. The van der Waals surface area contributed by atoms with E-state index in [-0.39, 0.29) is 0 Å². The van der Waals surface area contributed by atoms with E-state index in [4.69, 9.17) is 15.3 Å². The van der Waals surface area contributed by atoms with Crippen LogP contribution in [0.15, 0.2) is 34.9 Å². The molecule has 1 aromatic carbocycles. The first-order valence-corrected chi connectivity index (χ1v) is 6.28. The summed E-state index contributed by atoms with van der Waals surface area (Å²) >= 11 is 0. The van der Waals surface area contributed by atoms with Gasteiger partial charge in [-0.2, -0.15) is 0 Å². The molecule has 1 aromatic heterocycles. The maximum atomic E-state index is 11.1. The maximum absolute atomic E-state index is 11.1. The predicted octanol–water partition coefficient (Wildman–Crippen LogP) is 1.42. The van der Waals surface area contributed by atoms with Crippen LogP contribution in [0, 0.1) is 0 Å². The van der Waals surface area contributed by atoms with Crippen molar-refractivity contribution in [3.63, 3.8) is 0 Å². The summed E-state index contributed by atoms with van der Waals surface area (Å²) < 4.78 is 5.48. The predicted molar refractivity (Wildman–Crippen MR) is 70.7 cm³/mol. The molecule has 5 heteroatoms. The summed E-state index contributed by atoms with van der Waals surface area (Å²) in [6.07, 6.45) is 2.22. The van der Waals surface area contributed by atoms with Gasteiger partial charge in [-0.15, -0.1) is 0 Å². The van der Waals surface area contributed by atoms with Gasteiger partial charge in [-0.3, -0.25) is 9.69 Å². The smallest absolute Gasteiger partial charge is 0.325 e. The fraction of sp³-hybridized carbons (Fsp3) is 0.357. The van der Waals surface area contributed by atoms with E-state index in [2.05, 4.69) is 4.90 Å². The Balaban J connectivity index is 1.78. The quantitative estimate of drug-likeness (QED) is 0.872. The van der Waals surface area contributed by atoms with Crippen molar-refractivity contribution in [3.05, 3.63) is 36.1 Å². The molecule has 1 unspecified atom stereocenters. The highest BCUT2D eigenvalue weighted by Gasteiger charge is 2.41. The number of carbonyl (C=O) groups is 1. The minimum absolute atomic E-state index is 0.377. The summed E-state index contributed by atoms with van der Waals surface area (Å²) in [5, 5.41) is 10.2. The molecule has 0 bridgehead atoms. The molecular formula is C14H16N2O3. The van der Waals surface area contributed by atoms with Gasteiger partial charge in [0.05, 0.1) is 6.26 Å². The van der Waals surface area contributed by atoms with E-state index in [9.17, 15) is 4.79 Å². The minimum atomic E-state index is -1.11. The van der Waals surface area contributed by atoms with Crippen molar-refractivity contribution in [1.82, 2.24) is 4.90 Å². The Kier molecular flexibility index (Phi) is 2.80. The molecule has 1 fully saturated rings. The number of benzene rings is 1. The summed E-state index contributed by atoms with van der Waals surface area (Å²) in [7, 11) is 0. The Hall–Kier alpha value is -1.85. The van der Waals surface area contributed by atoms with Crippen LogP contribution in [0.4, 0.5) is 0 Å². The van der Waals surface area contributed by atoms with Gasteiger partial charge in [0.25, 0.3) is 0 Å². The van der Waals surface area contributed by atoms with Gasteiger partial charge >= 0.3 is 5.97 Å². The summed E-state index contributed by atoms with van der Waals surface area (Å²) in [6, 6.07) is 7.83. The first kappa shape index (κ1) is 12.2. The van der Waals surface area contributed by atoms with Crippen LogP contribution in [0.1, 0.15) is 12.0 Å². The van der Waals surface area contributed by atoms with Crippen molar-refractivity contribution >= 4 is 16.9 Å². The van der Waals surface area contributed by atoms with E-state index in [0.29, 0.717) is 26.1 Å². The third-order valence-corrected chi connectivity index (χ3v) is 3.76. The van der Waals surface area contributed by atoms with Crippen LogP contribution in [-0.4, -0.2) is 34.6 Å². The molecule has 0 radical (unpaired) electrons. The Morgan fingerprint density at radius 1 is 1.47 bits per heavy atom. The van der Waals surface area contributed by atoms with Crippen molar-refractivity contribution in [2.45, 2.75) is 18.5 Å². The molecule has 0 aliphatic carbocycles. The normalized spacial score (nSPS) is 24.1. The lowest BCUT2D eigenvalue weighted by Gasteiger charge is -2.19. The average molecular weight is 260 g/mol. The van der Waals surface area contributed by atoms with Crippen molar-refractivity contribution in [1.29, 1.82) is 0 Å². The highest BCUT2D eigenvalue weighted by Crippen LogP contribution is 2.25. The first-order chi connectivity index (χ1) is 9.08. The molecule has 3 N–H and O–H groups in total. The lowest BCUT2D eigenvalue weighted by Crippen LogP contribution is -2.50. The SMILES string of the molecule is NC1(C(=O)O)CCN(Cc2coc3ccccc23)C1. The number of rotatable bonds is 3. The van der Waals surface area contributed by atoms with E-state index in [0.717, 1.165) is 16.5 Å². The van der Waals surface area contributed by atoms with Gasteiger partial charge in [-0.25, -0.2) is 0 Å². The Morgan fingerprint density at radius 3 is 3.00 bits per heavy atom. The molecule has 1 aliphatic rings. The molecule has 0 saturated carbocycles. The van der Waals surface area contributed by atoms with Gasteiger partial charge < -0.3 is 15.3 Å². The van der Waals surface area contributed by atoms with E-state index < -0.39 is 11.5 Å². The molecule has 1 atom stereocenters. The third-order valence-electron chi connectivity index (χ3n) is 3.76. The van der Waals surface area contributed by atoms with E-state index in [1.54, 1.807) is 6.26 Å². The van der Waals surface area contributed by atoms with Crippen LogP contribution in [0.5, 0.6) is 0 Å². The number of hydrogen-bond acceptors (Lipinski definition) is 4. The molecule has 2 heterocycles. The van der Waals surface area contributed by atoms with Gasteiger partial charge in [-0.1, -0.05) is 18.2 Å². The molecule has 2 aromatic rings. The zero-order valence-corrected chi connectivity index (χ0v) is 10.5. The number of para-hydroxylation sites is 1. The number of nitrogens with two attached hydrogens (primary N) is 1. The summed E-state index contributed by atoms with van der Waals surface area (Å²) in [5.41, 5.74) is 6.69. The maximum Gasteiger partial charge on any atom is 0.325 e. The molecule has 1 aliphatic heterocycles. The summed E-state index contributed by atoms with van der Waals surface area (Å²) in [6.45, 7) is 1.74. The van der Waals surface area contributed by atoms with Crippen LogP contribution in [-0.2, 0) is 11.3 Å². The van der Waals surface area contributed by atoms with E-state index in [1.165, 1.54) is 0 Å². The van der Waals surface area contributed by atoms with Gasteiger partial charge in [0.15, 0.2) is 0 Å². The molecule has 100 valence electrons. The van der Waals surface area contributed by atoms with Gasteiger partial charge in [0.2, 0.25) is 0 Å².